The molecule has 0 spiro atoms. The molecule has 3 heteroatoms. The second-order valence-electron chi connectivity index (χ2n) is 4.60. The van der Waals surface area contributed by atoms with Crippen molar-refractivity contribution in [3.05, 3.63) is 80.7 Å². The Labute approximate surface area is 143 Å². The molecule has 3 aromatic rings. The third-order valence-corrected chi connectivity index (χ3v) is 5.53. The summed E-state index contributed by atoms with van der Waals surface area (Å²) in [5, 5.41) is 2.51. The van der Waals surface area contributed by atoms with E-state index in [2.05, 4.69) is 102 Å². The van der Waals surface area contributed by atoms with Crippen molar-refractivity contribution < 1.29 is 0 Å². The summed E-state index contributed by atoms with van der Waals surface area (Å²) in [7, 11) is 0. The van der Waals surface area contributed by atoms with Gasteiger partial charge >= 0.3 is 0 Å². The lowest BCUT2D eigenvalue weighted by atomic mass is 9.98. The van der Waals surface area contributed by atoms with Crippen molar-refractivity contribution in [1.29, 1.82) is 0 Å². The summed E-state index contributed by atoms with van der Waals surface area (Å²) in [5.74, 6) is 0. The number of rotatable bonds is 2. The fraction of sp³-hybridized carbons (Fsp3) is 0.0588. The first-order chi connectivity index (χ1) is 9.66. The maximum Gasteiger partial charge on any atom is 0.0651 e. The lowest BCUT2D eigenvalue weighted by Gasteiger charge is -2.15. The van der Waals surface area contributed by atoms with Gasteiger partial charge in [0.15, 0.2) is 0 Å². The van der Waals surface area contributed by atoms with Crippen molar-refractivity contribution in [3.8, 4) is 0 Å². The summed E-state index contributed by atoms with van der Waals surface area (Å²) in [4.78, 5) is 0.179. The molecular formula is C17H11Br3. The van der Waals surface area contributed by atoms with Crippen LogP contribution in [0.15, 0.2) is 69.6 Å². The Morgan fingerprint density at radius 2 is 1.50 bits per heavy atom. The van der Waals surface area contributed by atoms with Crippen LogP contribution in [0.5, 0.6) is 0 Å². The number of hydrogen-bond donors (Lipinski definition) is 0. The minimum Gasteiger partial charge on any atom is -0.0786 e. The molecule has 3 aromatic carbocycles. The average molecular weight is 455 g/mol. The Morgan fingerprint density at radius 3 is 2.25 bits per heavy atom. The van der Waals surface area contributed by atoms with Crippen molar-refractivity contribution in [3.63, 3.8) is 0 Å². The Hall–Kier alpha value is -0.640. The fourth-order valence-corrected chi connectivity index (χ4v) is 3.93. The highest BCUT2D eigenvalue weighted by molar-refractivity contribution is 9.11. The molecule has 0 aliphatic carbocycles. The molecule has 20 heavy (non-hydrogen) atoms. The molecule has 1 unspecified atom stereocenters. The van der Waals surface area contributed by atoms with Crippen molar-refractivity contribution >= 4 is 58.6 Å². The zero-order valence-electron chi connectivity index (χ0n) is 10.5. The molecule has 0 aromatic heterocycles. The van der Waals surface area contributed by atoms with E-state index >= 15 is 0 Å². The van der Waals surface area contributed by atoms with Gasteiger partial charge in [-0.05, 0) is 40.1 Å². The Kier molecular flexibility index (Phi) is 4.29. The molecule has 0 radical (unpaired) electrons. The first-order valence-corrected chi connectivity index (χ1v) is 8.73. The minimum atomic E-state index is 0.179. The maximum atomic E-state index is 3.84. The third kappa shape index (κ3) is 2.72. The summed E-state index contributed by atoms with van der Waals surface area (Å²) in [6.45, 7) is 0. The molecule has 0 N–H and O–H groups in total. The normalized spacial score (nSPS) is 12.6. The molecular weight excluding hydrogens is 444 g/mol. The predicted molar refractivity (Wildman–Crippen MR) is 96.6 cm³/mol. The van der Waals surface area contributed by atoms with Gasteiger partial charge in [0.05, 0.1) is 4.83 Å². The van der Waals surface area contributed by atoms with Crippen LogP contribution in [0.2, 0.25) is 0 Å². The van der Waals surface area contributed by atoms with Crippen LogP contribution in [0.4, 0.5) is 0 Å². The molecule has 0 aliphatic heterocycles. The van der Waals surface area contributed by atoms with Crippen molar-refractivity contribution in [2.24, 2.45) is 0 Å². The zero-order chi connectivity index (χ0) is 14.1. The van der Waals surface area contributed by atoms with Gasteiger partial charge in [0.2, 0.25) is 0 Å². The van der Waals surface area contributed by atoms with E-state index in [9.17, 15) is 0 Å². The molecule has 0 saturated heterocycles. The summed E-state index contributed by atoms with van der Waals surface area (Å²) in [6, 6.07) is 21.1. The maximum absolute atomic E-state index is 3.84. The van der Waals surface area contributed by atoms with E-state index in [-0.39, 0.29) is 4.83 Å². The first kappa shape index (κ1) is 14.3. The van der Waals surface area contributed by atoms with E-state index in [0.717, 1.165) is 8.95 Å². The van der Waals surface area contributed by atoms with Gasteiger partial charge in [0, 0.05) is 8.95 Å². The predicted octanol–water partition coefficient (Wildman–Crippen LogP) is 6.85. The van der Waals surface area contributed by atoms with Crippen LogP contribution in [0.25, 0.3) is 10.8 Å². The fourth-order valence-electron chi connectivity index (χ4n) is 2.35. The van der Waals surface area contributed by atoms with E-state index in [1.807, 2.05) is 6.07 Å². The molecule has 0 fully saturated rings. The van der Waals surface area contributed by atoms with Crippen LogP contribution in [0.3, 0.4) is 0 Å². The summed E-state index contributed by atoms with van der Waals surface area (Å²) < 4.78 is 2.23. The summed E-state index contributed by atoms with van der Waals surface area (Å²) in [6.07, 6.45) is 0. The molecule has 0 bridgehead atoms. The Bertz CT molecular complexity index is 765. The highest BCUT2D eigenvalue weighted by atomic mass is 79.9. The minimum absolute atomic E-state index is 0.179. The van der Waals surface area contributed by atoms with Crippen LogP contribution >= 0.6 is 47.8 Å². The van der Waals surface area contributed by atoms with Crippen molar-refractivity contribution in [2.75, 3.05) is 0 Å². The van der Waals surface area contributed by atoms with Crippen LogP contribution in [-0.4, -0.2) is 0 Å². The van der Waals surface area contributed by atoms with Gasteiger partial charge in [0.1, 0.15) is 0 Å². The van der Waals surface area contributed by atoms with Gasteiger partial charge in [-0.15, -0.1) is 0 Å². The average Bonchev–Trinajstić information content (AvgIpc) is 2.47. The van der Waals surface area contributed by atoms with Crippen LogP contribution in [0.1, 0.15) is 16.0 Å². The molecule has 3 rings (SSSR count). The third-order valence-electron chi connectivity index (χ3n) is 3.32. The highest BCUT2D eigenvalue weighted by Crippen LogP contribution is 2.38. The topological polar surface area (TPSA) is 0 Å². The molecule has 0 aliphatic rings. The van der Waals surface area contributed by atoms with E-state index in [4.69, 9.17) is 0 Å². The van der Waals surface area contributed by atoms with Crippen LogP contribution in [0, 0.1) is 0 Å². The van der Waals surface area contributed by atoms with E-state index < -0.39 is 0 Å². The van der Waals surface area contributed by atoms with E-state index in [1.165, 1.54) is 21.9 Å². The van der Waals surface area contributed by atoms with E-state index in [0.29, 0.717) is 0 Å². The number of halogens is 3. The van der Waals surface area contributed by atoms with Gasteiger partial charge in [0.25, 0.3) is 0 Å². The van der Waals surface area contributed by atoms with Gasteiger partial charge in [-0.1, -0.05) is 90.3 Å². The lowest BCUT2D eigenvalue weighted by molar-refractivity contribution is 1.19. The lowest BCUT2D eigenvalue weighted by Crippen LogP contribution is -1.94. The highest BCUT2D eigenvalue weighted by Gasteiger charge is 2.14. The van der Waals surface area contributed by atoms with E-state index in [1.54, 1.807) is 0 Å². The standard InChI is InChI=1S/C17H11Br3/c18-12-5-3-4-11(10-12)17(20)15-8-9-16(19)14-7-2-1-6-13(14)15/h1-10,17H. The number of benzene rings is 3. The zero-order valence-corrected chi connectivity index (χ0v) is 15.2. The number of hydrogen-bond acceptors (Lipinski definition) is 0. The summed E-state index contributed by atoms with van der Waals surface area (Å²) >= 11 is 11.0. The summed E-state index contributed by atoms with van der Waals surface area (Å²) in [5.41, 5.74) is 2.52. The second kappa shape index (κ2) is 6.00. The number of fused-ring (bicyclic) bond motifs is 1. The molecule has 0 heterocycles. The van der Waals surface area contributed by atoms with Crippen LogP contribution in [-0.2, 0) is 0 Å². The van der Waals surface area contributed by atoms with Crippen molar-refractivity contribution in [1.82, 2.24) is 0 Å². The quantitative estimate of drug-likeness (QED) is 0.371. The van der Waals surface area contributed by atoms with Gasteiger partial charge in [-0.3, -0.25) is 0 Å². The number of alkyl halides is 1. The molecule has 0 saturated carbocycles. The van der Waals surface area contributed by atoms with Gasteiger partial charge < -0.3 is 0 Å². The van der Waals surface area contributed by atoms with Crippen LogP contribution < -0.4 is 0 Å². The SMILES string of the molecule is Brc1cccc(C(Br)c2ccc(Br)c3ccccc23)c1. The molecule has 1 atom stereocenters. The largest absolute Gasteiger partial charge is 0.0786 e. The van der Waals surface area contributed by atoms with Gasteiger partial charge in [-0.2, -0.15) is 0 Å². The Morgan fingerprint density at radius 1 is 0.750 bits per heavy atom. The Balaban J connectivity index is 2.17. The molecule has 0 amide bonds. The molecule has 100 valence electrons. The monoisotopic (exact) mass is 452 g/mol. The smallest absolute Gasteiger partial charge is 0.0651 e. The first-order valence-electron chi connectivity index (χ1n) is 6.23. The molecule has 0 nitrogen and oxygen atoms in total. The van der Waals surface area contributed by atoms with Crippen molar-refractivity contribution in [2.45, 2.75) is 4.83 Å². The van der Waals surface area contributed by atoms with Gasteiger partial charge in [-0.25, -0.2) is 0 Å². The second-order valence-corrected chi connectivity index (χ2v) is 7.29.